The number of nitrogens with zero attached hydrogens (tertiary/aromatic N) is 2. The summed E-state index contributed by atoms with van der Waals surface area (Å²) < 4.78 is 5.31. The molecule has 2 rings (SSSR count). The molecular weight excluding hydrogens is 676 g/mol. The van der Waals surface area contributed by atoms with Gasteiger partial charge in [-0.25, -0.2) is 9.59 Å². The molecule has 1 fully saturated rings. The number of hydrogen-bond donors (Lipinski definition) is 6. The van der Waals surface area contributed by atoms with E-state index in [1.54, 1.807) is 38.1 Å². The van der Waals surface area contributed by atoms with Gasteiger partial charge in [0.15, 0.2) is 0 Å². The number of primary amides is 2. The lowest BCUT2D eigenvalue weighted by atomic mass is 9.94. The van der Waals surface area contributed by atoms with Crippen LogP contribution in [0.25, 0.3) is 0 Å². The van der Waals surface area contributed by atoms with Crippen LogP contribution in [0, 0.1) is 17.8 Å². The number of nitrogens with one attached hydrogen (secondary N) is 4. The topological polar surface area (TPSA) is 252 Å². The maximum atomic E-state index is 13.2. The van der Waals surface area contributed by atoms with E-state index >= 15 is 0 Å². The molecule has 1 aliphatic heterocycles. The monoisotopic (exact) mass is 730 g/mol. The molecule has 8 N–H and O–H groups in total. The Hall–Kier alpha value is -5.22. The van der Waals surface area contributed by atoms with Crippen molar-refractivity contribution >= 4 is 53.3 Å². The highest BCUT2D eigenvalue weighted by Crippen LogP contribution is 2.26. The number of amides is 9. The van der Waals surface area contributed by atoms with Crippen LogP contribution in [0.1, 0.15) is 78.2 Å². The van der Waals surface area contributed by atoms with Crippen LogP contribution >= 0.6 is 0 Å². The van der Waals surface area contributed by atoms with Gasteiger partial charge in [-0.2, -0.15) is 0 Å². The number of hydrogen-bond acceptors (Lipinski definition) is 9. The van der Waals surface area contributed by atoms with Gasteiger partial charge in [0.05, 0.1) is 6.54 Å². The first-order valence-corrected chi connectivity index (χ1v) is 17.5. The van der Waals surface area contributed by atoms with Crippen molar-refractivity contribution in [3.8, 4) is 0 Å². The molecule has 17 nitrogen and oxygen atoms in total. The van der Waals surface area contributed by atoms with Crippen LogP contribution in [-0.2, 0) is 40.1 Å². The summed E-state index contributed by atoms with van der Waals surface area (Å²) in [5.41, 5.74) is 11.5. The molecule has 0 saturated carbocycles. The Balaban J connectivity index is 1.84. The second-order valence-electron chi connectivity index (χ2n) is 13.5. The Bertz CT molecular complexity index is 1430. The second kappa shape index (κ2) is 21.2. The largest absolute Gasteiger partial charge is 0.445 e. The van der Waals surface area contributed by atoms with Crippen LogP contribution in [0.15, 0.2) is 24.3 Å². The van der Waals surface area contributed by atoms with E-state index in [1.807, 2.05) is 13.8 Å². The molecule has 0 spiro atoms. The average molecular weight is 731 g/mol. The van der Waals surface area contributed by atoms with E-state index in [0.29, 0.717) is 43.5 Å². The highest BCUT2D eigenvalue weighted by Gasteiger charge is 2.39. The molecule has 1 heterocycles. The van der Waals surface area contributed by atoms with Crippen LogP contribution < -0.4 is 32.7 Å². The molecule has 0 aliphatic carbocycles. The number of benzene rings is 1. The number of likely N-dealkylation sites (tertiary alicyclic amines) is 1. The van der Waals surface area contributed by atoms with Crippen LogP contribution in [0.4, 0.5) is 15.3 Å². The highest BCUT2D eigenvalue weighted by molar-refractivity contribution is 6.03. The Morgan fingerprint density at radius 2 is 1.60 bits per heavy atom. The van der Waals surface area contributed by atoms with Crippen molar-refractivity contribution in [2.24, 2.45) is 29.2 Å². The third-order valence-electron chi connectivity index (χ3n) is 8.65. The number of carbonyl (C=O) groups excluding carboxylic acids is 8. The normalized spacial score (nSPS) is 15.2. The van der Waals surface area contributed by atoms with Gasteiger partial charge in [-0.05, 0) is 55.2 Å². The highest BCUT2D eigenvalue weighted by atomic mass is 16.6. The van der Waals surface area contributed by atoms with Gasteiger partial charge in [0.2, 0.25) is 35.4 Å². The molecule has 0 radical (unpaired) electrons. The fourth-order valence-electron chi connectivity index (χ4n) is 5.74. The molecule has 1 aliphatic rings. The smallest absolute Gasteiger partial charge is 0.410 e. The van der Waals surface area contributed by atoms with Crippen molar-refractivity contribution in [3.05, 3.63) is 29.8 Å². The minimum atomic E-state index is -1.01. The summed E-state index contributed by atoms with van der Waals surface area (Å²) in [5, 5.41) is 10.3. The summed E-state index contributed by atoms with van der Waals surface area (Å²) in [7, 11) is 1.43. The number of likely N-dealkylation sites (N-methyl/N-ethyl adjacent to an activating group) is 1. The van der Waals surface area contributed by atoms with Gasteiger partial charge < -0.3 is 37.5 Å². The first-order chi connectivity index (χ1) is 24.5. The number of anilines is 1. The fraction of sp³-hybridized carbons (Fsp3) is 0.600. The minimum Gasteiger partial charge on any atom is -0.445 e. The standard InChI is InChI=1S/C35H54N8O9/c1-21(2)25-18-29(46)43(33(25)49)17-8-6-7-11-27(44)39-19-28(45)41-26(10-9-16-38-34(37)50)32(48)40-24-14-12-23(13-15-24)20-52-35(51)42(5)30(22(3)4)31(36)47/h12-15,21-22,25-26,30H,6-11,16-20H2,1-5H3,(H2,36,47)(H,39,44)(H,40,48)(H,41,45)(H3,37,38,50)/t25?,26-,30-/m0/s1. The minimum absolute atomic E-state index is 0.0966. The molecule has 0 aromatic heterocycles. The second-order valence-corrected chi connectivity index (χ2v) is 13.5. The Labute approximate surface area is 304 Å². The number of imide groups is 1. The molecule has 288 valence electrons. The van der Waals surface area contributed by atoms with E-state index in [4.69, 9.17) is 16.2 Å². The summed E-state index contributed by atoms with van der Waals surface area (Å²) in [6, 6.07) is 3.86. The summed E-state index contributed by atoms with van der Waals surface area (Å²) in [6.07, 6.45) is 1.81. The Kier molecular flexibility index (Phi) is 17.5. The quantitative estimate of drug-likeness (QED) is 0.0787. The molecule has 1 unspecified atom stereocenters. The van der Waals surface area contributed by atoms with Gasteiger partial charge in [-0.1, -0.05) is 46.2 Å². The van der Waals surface area contributed by atoms with E-state index in [-0.39, 0.29) is 74.4 Å². The number of rotatable bonds is 21. The molecule has 1 aromatic carbocycles. The summed E-state index contributed by atoms with van der Waals surface area (Å²) >= 11 is 0. The lowest BCUT2D eigenvalue weighted by Crippen LogP contribution is -2.48. The van der Waals surface area contributed by atoms with E-state index in [2.05, 4.69) is 21.3 Å². The first-order valence-electron chi connectivity index (χ1n) is 17.5. The van der Waals surface area contributed by atoms with Gasteiger partial charge in [-0.15, -0.1) is 0 Å². The lowest BCUT2D eigenvalue weighted by Gasteiger charge is -2.27. The maximum Gasteiger partial charge on any atom is 0.410 e. The van der Waals surface area contributed by atoms with E-state index in [1.165, 1.54) is 11.9 Å². The van der Waals surface area contributed by atoms with Gasteiger partial charge >= 0.3 is 12.1 Å². The Morgan fingerprint density at radius 1 is 0.923 bits per heavy atom. The summed E-state index contributed by atoms with van der Waals surface area (Å²) in [6.45, 7) is 7.39. The van der Waals surface area contributed by atoms with Crippen molar-refractivity contribution in [1.29, 1.82) is 0 Å². The molecule has 9 amide bonds. The molecule has 17 heteroatoms. The average Bonchev–Trinajstić information content (AvgIpc) is 3.36. The van der Waals surface area contributed by atoms with Crippen LogP contribution in [0.3, 0.4) is 0 Å². The van der Waals surface area contributed by atoms with E-state index < -0.39 is 41.9 Å². The number of carbonyl (C=O) groups is 8. The molecule has 1 saturated heterocycles. The van der Waals surface area contributed by atoms with Crippen molar-refractivity contribution in [2.45, 2.75) is 91.3 Å². The van der Waals surface area contributed by atoms with Gasteiger partial charge in [0, 0.05) is 44.6 Å². The van der Waals surface area contributed by atoms with Crippen molar-refractivity contribution in [2.75, 3.05) is 32.0 Å². The summed E-state index contributed by atoms with van der Waals surface area (Å²) in [5.74, 6) is -2.83. The molecular formula is C35H54N8O9. The van der Waals surface area contributed by atoms with Gasteiger partial charge in [0.1, 0.15) is 18.7 Å². The first kappa shape index (κ1) is 42.9. The van der Waals surface area contributed by atoms with E-state index in [9.17, 15) is 38.4 Å². The lowest BCUT2D eigenvalue weighted by molar-refractivity contribution is -0.140. The number of unbranched alkanes of at least 4 members (excludes halogenated alkanes) is 2. The number of urea groups is 1. The third kappa shape index (κ3) is 14.2. The zero-order valence-corrected chi connectivity index (χ0v) is 30.7. The maximum absolute atomic E-state index is 13.2. The predicted molar refractivity (Wildman–Crippen MR) is 191 cm³/mol. The summed E-state index contributed by atoms with van der Waals surface area (Å²) in [4.78, 5) is 101. The predicted octanol–water partition coefficient (Wildman–Crippen LogP) is 1.34. The fourth-order valence-corrected chi connectivity index (χ4v) is 5.74. The molecule has 3 atom stereocenters. The zero-order chi connectivity index (χ0) is 39.0. The van der Waals surface area contributed by atoms with Gasteiger partial charge in [0.25, 0.3) is 0 Å². The molecule has 52 heavy (non-hydrogen) atoms. The molecule has 1 aromatic rings. The van der Waals surface area contributed by atoms with Crippen LogP contribution in [0.2, 0.25) is 0 Å². The van der Waals surface area contributed by atoms with E-state index in [0.717, 1.165) is 4.90 Å². The Morgan fingerprint density at radius 3 is 2.17 bits per heavy atom. The third-order valence-corrected chi connectivity index (χ3v) is 8.65. The van der Waals surface area contributed by atoms with Crippen LogP contribution in [0.5, 0.6) is 0 Å². The van der Waals surface area contributed by atoms with Crippen molar-refractivity contribution < 1.29 is 43.1 Å². The number of ether oxygens (including phenoxy) is 1. The van der Waals surface area contributed by atoms with Crippen molar-refractivity contribution in [3.63, 3.8) is 0 Å². The number of nitrogens with two attached hydrogens (primary N) is 2. The van der Waals surface area contributed by atoms with Crippen molar-refractivity contribution in [1.82, 2.24) is 25.8 Å². The van der Waals surface area contributed by atoms with Crippen LogP contribution in [-0.4, -0.2) is 96.1 Å². The zero-order valence-electron chi connectivity index (χ0n) is 30.7. The molecule has 0 bridgehead atoms. The van der Waals surface area contributed by atoms with Gasteiger partial charge in [-0.3, -0.25) is 38.6 Å². The SMILES string of the molecule is CC(C)C1CC(=O)N(CCCCCC(=O)NCC(=O)N[C@@H](CCCNC(N)=O)C(=O)Nc2ccc(COC(=O)N(C)[C@H](C(N)=O)C(C)C)cc2)C1=O.